The van der Waals surface area contributed by atoms with Crippen LogP contribution < -0.4 is 0 Å². The topological polar surface area (TPSA) is 49.7 Å². The second kappa shape index (κ2) is 2.73. The number of rotatable bonds is 1. The Kier molecular flexibility index (Phi) is 2.23. The molecule has 0 bridgehead atoms. The predicted octanol–water partition coefficient (Wildman–Crippen LogP) is 1.56. The number of hydrogen-bond acceptors (Lipinski definition) is 3. The third kappa shape index (κ3) is 1.41. The predicted molar refractivity (Wildman–Crippen MR) is 41.2 cm³/mol. The van der Waals surface area contributed by atoms with Gasteiger partial charge >= 0.3 is 0 Å². The van der Waals surface area contributed by atoms with Crippen molar-refractivity contribution in [2.75, 3.05) is 0 Å². The van der Waals surface area contributed by atoms with Gasteiger partial charge in [0.05, 0.1) is 5.60 Å². The highest BCUT2D eigenvalue weighted by Crippen LogP contribution is 2.38. The van der Waals surface area contributed by atoms with E-state index in [1.807, 2.05) is 0 Å². The molecule has 0 aromatic rings. The minimum Gasteiger partial charge on any atom is -0.387 e. The molecule has 2 atom stereocenters. The van der Waals surface area contributed by atoms with Crippen molar-refractivity contribution in [2.45, 2.75) is 50.7 Å². The van der Waals surface area contributed by atoms with Crippen LogP contribution in [0.3, 0.4) is 0 Å². The minimum atomic E-state index is -0.889. The van der Waals surface area contributed by atoms with E-state index in [9.17, 15) is 5.11 Å². The van der Waals surface area contributed by atoms with Crippen LogP contribution in [0.5, 0.6) is 0 Å². The van der Waals surface area contributed by atoms with Crippen molar-refractivity contribution in [3.8, 4) is 0 Å². The van der Waals surface area contributed by atoms with Gasteiger partial charge in [0.2, 0.25) is 0 Å². The summed E-state index contributed by atoms with van der Waals surface area (Å²) in [6.45, 7) is 3.45. The fourth-order valence-electron chi connectivity index (χ4n) is 1.61. The normalized spacial score (nSPS) is 45.8. The standard InChI is InChI=1S/C8H16O3/c1-7(9)5-3-4-6-8(7,2)11-10/h9-10H,3-6H2,1-2H3. The van der Waals surface area contributed by atoms with Gasteiger partial charge in [-0.3, -0.25) is 5.26 Å². The first-order valence-electron chi connectivity index (χ1n) is 4.07. The smallest absolute Gasteiger partial charge is 0.129 e. The summed E-state index contributed by atoms with van der Waals surface area (Å²) in [6, 6.07) is 0. The molecule has 0 aromatic heterocycles. The first-order valence-corrected chi connectivity index (χ1v) is 4.07. The molecular weight excluding hydrogens is 144 g/mol. The van der Waals surface area contributed by atoms with Gasteiger partial charge in [-0.15, -0.1) is 0 Å². The highest BCUT2D eigenvalue weighted by molar-refractivity contribution is 4.97. The largest absolute Gasteiger partial charge is 0.387 e. The zero-order valence-electron chi connectivity index (χ0n) is 7.13. The van der Waals surface area contributed by atoms with Crippen LogP contribution in [-0.4, -0.2) is 21.6 Å². The molecule has 0 spiro atoms. The number of hydrogen-bond donors (Lipinski definition) is 2. The molecule has 1 fully saturated rings. The molecule has 1 aliphatic carbocycles. The van der Waals surface area contributed by atoms with Gasteiger partial charge in [0.1, 0.15) is 5.60 Å². The molecule has 0 aromatic carbocycles. The Morgan fingerprint density at radius 3 is 2.09 bits per heavy atom. The van der Waals surface area contributed by atoms with Crippen LogP contribution in [0, 0.1) is 0 Å². The van der Waals surface area contributed by atoms with E-state index in [2.05, 4.69) is 4.89 Å². The van der Waals surface area contributed by atoms with Gasteiger partial charge in [-0.2, -0.15) is 0 Å². The van der Waals surface area contributed by atoms with Crippen molar-refractivity contribution in [2.24, 2.45) is 0 Å². The highest BCUT2D eigenvalue weighted by Gasteiger charge is 2.46. The minimum absolute atomic E-state index is 0.698. The lowest BCUT2D eigenvalue weighted by molar-refractivity contribution is -0.364. The number of aliphatic hydroxyl groups is 1. The molecule has 2 unspecified atom stereocenters. The van der Waals surface area contributed by atoms with E-state index in [0.717, 1.165) is 19.3 Å². The van der Waals surface area contributed by atoms with Crippen LogP contribution in [0.2, 0.25) is 0 Å². The monoisotopic (exact) mass is 160 g/mol. The molecule has 2 N–H and O–H groups in total. The fourth-order valence-corrected chi connectivity index (χ4v) is 1.61. The second-order valence-corrected chi connectivity index (χ2v) is 3.80. The van der Waals surface area contributed by atoms with Crippen molar-refractivity contribution >= 4 is 0 Å². The third-order valence-corrected chi connectivity index (χ3v) is 2.91. The van der Waals surface area contributed by atoms with Crippen LogP contribution in [0.25, 0.3) is 0 Å². The van der Waals surface area contributed by atoms with Crippen LogP contribution in [-0.2, 0) is 4.89 Å². The van der Waals surface area contributed by atoms with Crippen molar-refractivity contribution in [1.29, 1.82) is 0 Å². The summed E-state index contributed by atoms with van der Waals surface area (Å²) in [6.07, 6.45) is 3.43. The van der Waals surface area contributed by atoms with Gasteiger partial charge in [0, 0.05) is 0 Å². The molecule has 0 amide bonds. The van der Waals surface area contributed by atoms with E-state index in [4.69, 9.17) is 5.26 Å². The highest BCUT2D eigenvalue weighted by atomic mass is 17.1. The van der Waals surface area contributed by atoms with Crippen molar-refractivity contribution in [3.63, 3.8) is 0 Å². The maximum atomic E-state index is 9.81. The van der Waals surface area contributed by atoms with E-state index in [1.54, 1.807) is 13.8 Å². The van der Waals surface area contributed by atoms with Gasteiger partial charge < -0.3 is 5.11 Å². The van der Waals surface area contributed by atoms with Gasteiger partial charge in [-0.1, -0.05) is 12.8 Å². The zero-order chi connectivity index (χ0) is 8.54. The first kappa shape index (κ1) is 8.97. The lowest BCUT2D eigenvalue weighted by Gasteiger charge is -2.43. The molecule has 1 saturated carbocycles. The summed E-state index contributed by atoms with van der Waals surface area (Å²) in [5, 5.41) is 18.4. The van der Waals surface area contributed by atoms with Crippen molar-refractivity contribution in [3.05, 3.63) is 0 Å². The SMILES string of the molecule is CC1(O)CCCCC1(C)OO. The molecule has 0 saturated heterocycles. The molecule has 1 rings (SSSR count). The molecule has 0 heterocycles. The summed E-state index contributed by atoms with van der Waals surface area (Å²) in [5.41, 5.74) is -1.66. The zero-order valence-corrected chi connectivity index (χ0v) is 7.13. The summed E-state index contributed by atoms with van der Waals surface area (Å²) in [7, 11) is 0. The lowest BCUT2D eigenvalue weighted by Crippen LogP contribution is -2.53. The van der Waals surface area contributed by atoms with Crippen molar-refractivity contribution < 1.29 is 15.3 Å². The molecule has 3 nitrogen and oxygen atoms in total. The van der Waals surface area contributed by atoms with E-state index in [-0.39, 0.29) is 0 Å². The van der Waals surface area contributed by atoms with Crippen LogP contribution in [0.15, 0.2) is 0 Å². The maximum absolute atomic E-state index is 9.81. The average molecular weight is 160 g/mol. The first-order chi connectivity index (χ1) is 5.02. The molecule has 3 heteroatoms. The molecule has 0 radical (unpaired) electrons. The Balaban J connectivity index is 2.74. The van der Waals surface area contributed by atoms with Gasteiger partial charge in [0.25, 0.3) is 0 Å². The molecular formula is C8H16O3. The Bertz CT molecular complexity index is 144. The van der Waals surface area contributed by atoms with Crippen LogP contribution >= 0.6 is 0 Å². The third-order valence-electron chi connectivity index (χ3n) is 2.91. The van der Waals surface area contributed by atoms with E-state index < -0.39 is 11.2 Å². The quantitative estimate of drug-likeness (QED) is 0.452. The summed E-state index contributed by atoms with van der Waals surface area (Å²) >= 11 is 0. The van der Waals surface area contributed by atoms with Gasteiger partial charge in [-0.05, 0) is 26.7 Å². The summed E-state index contributed by atoms with van der Waals surface area (Å²) in [5.74, 6) is 0. The fraction of sp³-hybridized carbons (Fsp3) is 1.00. The van der Waals surface area contributed by atoms with Crippen molar-refractivity contribution in [1.82, 2.24) is 0 Å². The average Bonchev–Trinajstić information content (AvgIpc) is 1.95. The van der Waals surface area contributed by atoms with E-state index in [0.29, 0.717) is 6.42 Å². The molecule has 0 aliphatic heterocycles. The Morgan fingerprint density at radius 1 is 1.18 bits per heavy atom. The Hall–Kier alpha value is -0.120. The van der Waals surface area contributed by atoms with Crippen LogP contribution in [0.1, 0.15) is 39.5 Å². The molecule has 11 heavy (non-hydrogen) atoms. The summed E-state index contributed by atoms with van der Waals surface area (Å²) in [4.78, 5) is 4.34. The molecule has 66 valence electrons. The van der Waals surface area contributed by atoms with Gasteiger partial charge in [0.15, 0.2) is 0 Å². The second-order valence-electron chi connectivity index (χ2n) is 3.80. The van der Waals surface area contributed by atoms with Crippen LogP contribution in [0.4, 0.5) is 0 Å². The Labute approximate surface area is 66.9 Å². The molecule has 1 aliphatic rings. The van der Waals surface area contributed by atoms with E-state index >= 15 is 0 Å². The Morgan fingerprint density at radius 2 is 1.73 bits per heavy atom. The summed E-state index contributed by atoms with van der Waals surface area (Å²) < 4.78 is 0. The van der Waals surface area contributed by atoms with E-state index in [1.165, 1.54) is 0 Å². The van der Waals surface area contributed by atoms with Gasteiger partial charge in [-0.25, -0.2) is 4.89 Å². The maximum Gasteiger partial charge on any atom is 0.129 e. The lowest BCUT2D eigenvalue weighted by atomic mass is 9.74.